The van der Waals surface area contributed by atoms with Crippen LogP contribution in [0.25, 0.3) is 0 Å². The Balaban J connectivity index is 3.41. The van der Waals surface area contributed by atoms with Crippen molar-refractivity contribution in [3.05, 3.63) is 24.3 Å². The molecule has 1 N–H and O–H groups in total. The minimum atomic E-state index is -0.770. The topological polar surface area (TPSA) is 72.8 Å². The monoisotopic (exact) mass is 887 g/mol. The molecule has 0 heterocycles. The molecule has 0 saturated carbocycles. The van der Waals surface area contributed by atoms with Crippen LogP contribution in [0, 0.1) is 0 Å². The number of hydrogen-bond acceptors (Lipinski definition) is 5. The van der Waals surface area contributed by atoms with Crippen molar-refractivity contribution in [2.75, 3.05) is 13.2 Å². The van der Waals surface area contributed by atoms with Crippen LogP contribution in [0.15, 0.2) is 24.3 Å². The molecule has 0 aliphatic carbocycles. The minimum absolute atomic E-state index is 0.0627. The quantitative estimate of drug-likeness (QED) is 0.0374. The van der Waals surface area contributed by atoms with Crippen LogP contribution in [0.3, 0.4) is 0 Å². The molecule has 5 heteroatoms. The molecule has 0 aromatic carbocycles. The summed E-state index contributed by atoms with van der Waals surface area (Å²) in [5, 5.41) is 9.64. The molecule has 0 rings (SSSR count). The molecule has 0 bridgehead atoms. The summed E-state index contributed by atoms with van der Waals surface area (Å²) in [6.07, 6.45) is 68.7. The first kappa shape index (κ1) is 61.4. The zero-order valence-electron chi connectivity index (χ0n) is 42.6. The first-order valence-electron chi connectivity index (χ1n) is 28.4. The van der Waals surface area contributed by atoms with Gasteiger partial charge in [0.1, 0.15) is 6.61 Å². The van der Waals surface area contributed by atoms with Crippen molar-refractivity contribution in [3.8, 4) is 0 Å². The Labute approximate surface area is 394 Å². The van der Waals surface area contributed by atoms with Crippen molar-refractivity contribution in [1.29, 1.82) is 0 Å². The maximum Gasteiger partial charge on any atom is 0.306 e. The summed E-state index contributed by atoms with van der Waals surface area (Å²) in [7, 11) is 0. The number of esters is 2. The fourth-order valence-corrected chi connectivity index (χ4v) is 8.67. The highest BCUT2D eigenvalue weighted by Gasteiger charge is 2.16. The van der Waals surface area contributed by atoms with Crippen LogP contribution in [-0.2, 0) is 19.1 Å². The second kappa shape index (κ2) is 54.7. The van der Waals surface area contributed by atoms with E-state index in [1.54, 1.807) is 0 Å². The van der Waals surface area contributed by atoms with Crippen molar-refractivity contribution in [1.82, 2.24) is 0 Å². The number of carbonyl (C=O) groups excluding carboxylic acids is 2. The van der Waals surface area contributed by atoms with Crippen LogP contribution in [-0.4, -0.2) is 36.4 Å². The lowest BCUT2D eigenvalue weighted by atomic mass is 10.0. The van der Waals surface area contributed by atoms with Gasteiger partial charge < -0.3 is 14.6 Å². The number of aliphatic hydroxyl groups is 1. The third-order valence-electron chi connectivity index (χ3n) is 13.0. The van der Waals surface area contributed by atoms with Crippen LogP contribution in [0.5, 0.6) is 0 Å². The lowest BCUT2D eigenvalue weighted by molar-refractivity contribution is -0.161. The fourth-order valence-electron chi connectivity index (χ4n) is 8.67. The van der Waals surface area contributed by atoms with Crippen LogP contribution in [0.1, 0.15) is 316 Å². The third-order valence-corrected chi connectivity index (χ3v) is 13.0. The van der Waals surface area contributed by atoms with E-state index in [4.69, 9.17) is 9.47 Å². The molecule has 63 heavy (non-hydrogen) atoms. The van der Waals surface area contributed by atoms with Gasteiger partial charge in [0.25, 0.3) is 0 Å². The van der Waals surface area contributed by atoms with Crippen molar-refractivity contribution >= 4 is 11.9 Å². The minimum Gasteiger partial charge on any atom is -0.462 e. The number of unbranched alkanes of at least 4 members (excludes halogenated alkanes) is 41. The molecule has 0 saturated heterocycles. The largest absolute Gasteiger partial charge is 0.462 e. The van der Waals surface area contributed by atoms with E-state index >= 15 is 0 Å². The van der Waals surface area contributed by atoms with E-state index in [2.05, 4.69) is 38.2 Å². The van der Waals surface area contributed by atoms with Crippen molar-refractivity contribution in [2.24, 2.45) is 0 Å². The summed E-state index contributed by atoms with van der Waals surface area (Å²) >= 11 is 0. The SMILES string of the molecule is CCCCCCCCC/C=C\CCCCCCCCCC(=O)OCC(CO)OC(=O)CCCCCCCCCCCCCCCCCCCCC/C=C\CCCCCCCCCC. The lowest BCUT2D eigenvalue weighted by Gasteiger charge is -2.15. The van der Waals surface area contributed by atoms with Gasteiger partial charge in [0.15, 0.2) is 6.10 Å². The van der Waals surface area contributed by atoms with Gasteiger partial charge in [0.05, 0.1) is 6.61 Å². The van der Waals surface area contributed by atoms with Gasteiger partial charge in [-0.15, -0.1) is 0 Å². The molecule has 0 spiro atoms. The Morgan fingerprint density at radius 3 is 0.857 bits per heavy atom. The van der Waals surface area contributed by atoms with Gasteiger partial charge in [-0.05, 0) is 64.2 Å². The highest BCUT2D eigenvalue weighted by Crippen LogP contribution is 2.17. The molecule has 0 aromatic rings. The molecule has 372 valence electrons. The number of carbonyl (C=O) groups is 2. The molecule has 0 aromatic heterocycles. The van der Waals surface area contributed by atoms with E-state index in [1.807, 2.05) is 0 Å². The summed E-state index contributed by atoms with van der Waals surface area (Å²) in [4.78, 5) is 24.5. The Kier molecular flexibility index (Phi) is 53.3. The highest BCUT2D eigenvalue weighted by atomic mass is 16.6. The first-order valence-corrected chi connectivity index (χ1v) is 28.4. The maximum absolute atomic E-state index is 12.3. The molecule has 1 unspecified atom stereocenters. The van der Waals surface area contributed by atoms with Crippen molar-refractivity contribution in [3.63, 3.8) is 0 Å². The van der Waals surface area contributed by atoms with E-state index in [1.165, 1.54) is 250 Å². The molecule has 0 aliphatic heterocycles. The number of rotatable bonds is 53. The van der Waals surface area contributed by atoms with Gasteiger partial charge >= 0.3 is 11.9 Å². The van der Waals surface area contributed by atoms with Gasteiger partial charge in [-0.1, -0.05) is 263 Å². The summed E-state index contributed by atoms with van der Waals surface area (Å²) in [6, 6.07) is 0. The average molecular weight is 888 g/mol. The van der Waals surface area contributed by atoms with Crippen LogP contribution in [0.2, 0.25) is 0 Å². The zero-order chi connectivity index (χ0) is 45.6. The maximum atomic E-state index is 12.3. The number of ether oxygens (including phenoxy) is 2. The summed E-state index contributed by atoms with van der Waals surface area (Å²) < 4.78 is 10.7. The standard InChI is InChI=1S/C58H110O5/c1-3-5-7-9-11-13-15-17-19-21-23-24-25-26-27-28-29-30-31-32-33-34-35-37-39-41-43-45-47-49-51-53-58(61)63-56(54-59)55-62-57(60)52-50-48-46-44-42-40-38-36-22-20-18-16-14-12-10-8-6-4-2/h20-23,56,59H,3-19,24-55H2,1-2H3/b22-20-,23-21-. The first-order chi connectivity index (χ1) is 31.1. The average Bonchev–Trinajstić information content (AvgIpc) is 3.29. The summed E-state index contributed by atoms with van der Waals surface area (Å²) in [5.74, 6) is -0.578. The van der Waals surface area contributed by atoms with Crippen LogP contribution < -0.4 is 0 Å². The van der Waals surface area contributed by atoms with E-state index in [0.717, 1.165) is 38.5 Å². The Morgan fingerprint density at radius 1 is 0.349 bits per heavy atom. The molecule has 5 nitrogen and oxygen atoms in total. The predicted octanol–water partition coefficient (Wildman–Crippen LogP) is 18.9. The summed E-state index contributed by atoms with van der Waals surface area (Å²) in [5.41, 5.74) is 0. The lowest BCUT2D eigenvalue weighted by Crippen LogP contribution is -2.28. The van der Waals surface area contributed by atoms with E-state index in [-0.39, 0.29) is 25.2 Å². The Bertz CT molecular complexity index is 959. The number of allylic oxidation sites excluding steroid dienone is 4. The van der Waals surface area contributed by atoms with Crippen LogP contribution >= 0.6 is 0 Å². The summed E-state index contributed by atoms with van der Waals surface area (Å²) in [6.45, 7) is 4.18. The van der Waals surface area contributed by atoms with Gasteiger partial charge in [-0.2, -0.15) is 0 Å². The second-order valence-corrected chi connectivity index (χ2v) is 19.4. The van der Waals surface area contributed by atoms with Gasteiger partial charge in [-0.3, -0.25) is 9.59 Å². The molecule has 0 amide bonds. The zero-order valence-corrected chi connectivity index (χ0v) is 42.6. The van der Waals surface area contributed by atoms with Gasteiger partial charge in [-0.25, -0.2) is 0 Å². The fraction of sp³-hybridized carbons (Fsp3) is 0.897. The molecular weight excluding hydrogens is 777 g/mol. The highest BCUT2D eigenvalue weighted by molar-refractivity contribution is 5.70. The van der Waals surface area contributed by atoms with Gasteiger partial charge in [0, 0.05) is 12.8 Å². The number of aliphatic hydroxyl groups excluding tert-OH is 1. The normalized spacial score (nSPS) is 12.2. The molecule has 1 atom stereocenters. The molecular formula is C58H110O5. The molecule has 0 radical (unpaired) electrons. The van der Waals surface area contributed by atoms with Gasteiger partial charge in [0.2, 0.25) is 0 Å². The van der Waals surface area contributed by atoms with E-state index < -0.39 is 6.10 Å². The van der Waals surface area contributed by atoms with E-state index in [0.29, 0.717) is 12.8 Å². The van der Waals surface area contributed by atoms with Crippen molar-refractivity contribution < 1.29 is 24.2 Å². The predicted molar refractivity (Wildman–Crippen MR) is 275 cm³/mol. The molecule has 0 aliphatic rings. The smallest absolute Gasteiger partial charge is 0.306 e. The Hall–Kier alpha value is -1.62. The number of hydrogen-bond donors (Lipinski definition) is 1. The Morgan fingerprint density at radius 2 is 0.587 bits per heavy atom. The van der Waals surface area contributed by atoms with Crippen molar-refractivity contribution in [2.45, 2.75) is 322 Å². The van der Waals surface area contributed by atoms with E-state index in [9.17, 15) is 14.7 Å². The molecule has 0 fully saturated rings. The third kappa shape index (κ3) is 52.9. The second-order valence-electron chi connectivity index (χ2n) is 19.4. The van der Waals surface area contributed by atoms with Crippen LogP contribution in [0.4, 0.5) is 0 Å².